The van der Waals surface area contributed by atoms with E-state index in [1.165, 1.54) is 10.4 Å². The average Bonchev–Trinajstić information content (AvgIpc) is 2.87. The summed E-state index contributed by atoms with van der Waals surface area (Å²) in [7, 11) is 0. The first-order chi connectivity index (χ1) is 11.1. The lowest BCUT2D eigenvalue weighted by Crippen LogP contribution is -2.18. The number of aryl methyl sites for hydroxylation is 2. The SMILES string of the molecule is CCC(CC)Nc1nc(-c2cccnc2)nc2sc(C)c(C)c12. The standard InChI is InChI=1S/C18H22N4S/c1-5-14(6-2)20-17-15-11(3)12(4)23-18(15)22-16(21-17)13-8-7-9-19-10-13/h7-10,14H,5-6H2,1-4H3,(H,20,21,22). The first-order valence-electron chi connectivity index (χ1n) is 8.08. The molecule has 0 fully saturated rings. The predicted molar refractivity (Wildman–Crippen MR) is 98.1 cm³/mol. The number of nitrogens with one attached hydrogen (secondary N) is 1. The minimum atomic E-state index is 0.425. The molecule has 3 aromatic heterocycles. The van der Waals surface area contributed by atoms with E-state index in [-0.39, 0.29) is 0 Å². The third-order valence-electron chi connectivity index (χ3n) is 4.27. The van der Waals surface area contributed by atoms with Crippen LogP contribution in [0.5, 0.6) is 0 Å². The van der Waals surface area contributed by atoms with Crippen LogP contribution in [0.3, 0.4) is 0 Å². The van der Waals surface area contributed by atoms with Crippen molar-refractivity contribution in [2.75, 3.05) is 5.32 Å². The quantitative estimate of drug-likeness (QED) is 0.719. The van der Waals surface area contributed by atoms with E-state index in [1.807, 2.05) is 18.3 Å². The van der Waals surface area contributed by atoms with Gasteiger partial charge in [0.1, 0.15) is 10.6 Å². The summed E-state index contributed by atoms with van der Waals surface area (Å²) in [6.45, 7) is 8.70. The van der Waals surface area contributed by atoms with Crippen LogP contribution in [0.15, 0.2) is 24.5 Å². The van der Waals surface area contributed by atoms with E-state index >= 15 is 0 Å². The Morgan fingerprint density at radius 1 is 1.17 bits per heavy atom. The van der Waals surface area contributed by atoms with Crippen molar-refractivity contribution < 1.29 is 0 Å². The van der Waals surface area contributed by atoms with Gasteiger partial charge in [-0.15, -0.1) is 11.3 Å². The summed E-state index contributed by atoms with van der Waals surface area (Å²) in [5.74, 6) is 1.68. The Morgan fingerprint density at radius 2 is 1.96 bits per heavy atom. The number of aromatic nitrogens is 3. The van der Waals surface area contributed by atoms with Crippen LogP contribution in [-0.2, 0) is 0 Å². The number of hydrogen-bond acceptors (Lipinski definition) is 5. The van der Waals surface area contributed by atoms with E-state index in [2.05, 4.69) is 38.0 Å². The first-order valence-corrected chi connectivity index (χ1v) is 8.90. The zero-order chi connectivity index (χ0) is 16.4. The molecule has 0 aliphatic heterocycles. The fraction of sp³-hybridized carbons (Fsp3) is 0.389. The second-order valence-electron chi connectivity index (χ2n) is 5.76. The highest BCUT2D eigenvalue weighted by Gasteiger charge is 2.17. The lowest BCUT2D eigenvalue weighted by molar-refractivity contribution is 0.669. The molecule has 0 saturated heterocycles. The molecule has 4 nitrogen and oxygen atoms in total. The van der Waals surface area contributed by atoms with Gasteiger partial charge in [-0.2, -0.15) is 0 Å². The van der Waals surface area contributed by atoms with Crippen LogP contribution < -0.4 is 5.32 Å². The van der Waals surface area contributed by atoms with Crippen LogP contribution in [0.2, 0.25) is 0 Å². The van der Waals surface area contributed by atoms with Crippen LogP contribution in [0.4, 0.5) is 5.82 Å². The zero-order valence-corrected chi connectivity index (χ0v) is 14.9. The second kappa shape index (κ2) is 6.62. The number of anilines is 1. The lowest BCUT2D eigenvalue weighted by atomic mass is 10.1. The summed E-state index contributed by atoms with van der Waals surface area (Å²) < 4.78 is 0. The van der Waals surface area contributed by atoms with Gasteiger partial charge in [-0.25, -0.2) is 9.97 Å². The molecule has 0 atom stereocenters. The summed E-state index contributed by atoms with van der Waals surface area (Å²) in [5.41, 5.74) is 2.22. The normalized spacial score (nSPS) is 11.3. The maximum Gasteiger partial charge on any atom is 0.164 e. The first kappa shape index (κ1) is 15.9. The minimum Gasteiger partial charge on any atom is -0.367 e. The molecule has 1 N–H and O–H groups in total. The number of thiophene rings is 1. The number of nitrogens with zero attached hydrogens (tertiary/aromatic N) is 3. The molecule has 3 rings (SSSR count). The molecular formula is C18H22N4S. The number of pyridine rings is 1. The van der Waals surface area contributed by atoms with Gasteiger partial charge in [-0.1, -0.05) is 13.8 Å². The van der Waals surface area contributed by atoms with Gasteiger partial charge < -0.3 is 5.32 Å². The molecule has 0 radical (unpaired) electrons. The Balaban J connectivity index is 2.18. The predicted octanol–water partition coefficient (Wildman–Crippen LogP) is 4.97. The van der Waals surface area contributed by atoms with Crippen molar-refractivity contribution in [1.82, 2.24) is 15.0 Å². The summed E-state index contributed by atoms with van der Waals surface area (Å²) in [5, 5.41) is 4.78. The van der Waals surface area contributed by atoms with E-state index in [0.717, 1.165) is 40.3 Å². The highest BCUT2D eigenvalue weighted by Crippen LogP contribution is 2.35. The van der Waals surface area contributed by atoms with Crippen molar-refractivity contribution in [3.63, 3.8) is 0 Å². The van der Waals surface area contributed by atoms with Gasteiger partial charge in [0.25, 0.3) is 0 Å². The summed E-state index contributed by atoms with van der Waals surface area (Å²) >= 11 is 1.73. The third kappa shape index (κ3) is 3.06. The Labute approximate surface area is 141 Å². The monoisotopic (exact) mass is 326 g/mol. The molecule has 0 spiro atoms. The van der Waals surface area contributed by atoms with Crippen molar-refractivity contribution in [2.45, 2.75) is 46.6 Å². The van der Waals surface area contributed by atoms with E-state index in [4.69, 9.17) is 9.97 Å². The topological polar surface area (TPSA) is 50.7 Å². The number of hydrogen-bond donors (Lipinski definition) is 1. The molecule has 0 aliphatic rings. The molecule has 0 aliphatic carbocycles. The molecule has 3 heterocycles. The van der Waals surface area contributed by atoms with Crippen LogP contribution >= 0.6 is 11.3 Å². The Hall–Kier alpha value is -2.01. The molecule has 0 bridgehead atoms. The van der Waals surface area contributed by atoms with E-state index in [9.17, 15) is 0 Å². The van der Waals surface area contributed by atoms with Gasteiger partial charge in [0, 0.05) is 28.9 Å². The Morgan fingerprint density at radius 3 is 2.61 bits per heavy atom. The minimum absolute atomic E-state index is 0.425. The Kier molecular flexibility index (Phi) is 4.57. The molecule has 0 saturated carbocycles. The van der Waals surface area contributed by atoms with Crippen LogP contribution in [-0.4, -0.2) is 21.0 Å². The van der Waals surface area contributed by atoms with Crippen molar-refractivity contribution in [3.8, 4) is 11.4 Å². The van der Waals surface area contributed by atoms with Crippen LogP contribution in [0.25, 0.3) is 21.6 Å². The van der Waals surface area contributed by atoms with E-state index < -0.39 is 0 Å². The van der Waals surface area contributed by atoms with Gasteiger partial charge in [-0.3, -0.25) is 4.98 Å². The average molecular weight is 326 g/mol. The molecule has 0 amide bonds. The van der Waals surface area contributed by atoms with Crippen molar-refractivity contribution >= 4 is 27.4 Å². The van der Waals surface area contributed by atoms with Gasteiger partial charge in [0.15, 0.2) is 5.82 Å². The summed E-state index contributed by atoms with van der Waals surface area (Å²) in [4.78, 5) is 16.1. The maximum atomic E-state index is 4.83. The highest BCUT2D eigenvalue weighted by atomic mass is 32.1. The molecular weight excluding hydrogens is 304 g/mol. The molecule has 23 heavy (non-hydrogen) atoms. The largest absolute Gasteiger partial charge is 0.367 e. The smallest absolute Gasteiger partial charge is 0.164 e. The van der Waals surface area contributed by atoms with Crippen molar-refractivity contribution in [2.24, 2.45) is 0 Å². The van der Waals surface area contributed by atoms with E-state index in [1.54, 1.807) is 17.5 Å². The van der Waals surface area contributed by atoms with Gasteiger partial charge in [0.2, 0.25) is 0 Å². The lowest BCUT2D eigenvalue weighted by Gasteiger charge is -2.17. The fourth-order valence-electron chi connectivity index (χ4n) is 2.66. The van der Waals surface area contributed by atoms with Gasteiger partial charge in [-0.05, 0) is 44.4 Å². The molecule has 120 valence electrons. The third-order valence-corrected chi connectivity index (χ3v) is 5.38. The fourth-order valence-corrected chi connectivity index (χ4v) is 3.69. The van der Waals surface area contributed by atoms with Gasteiger partial charge in [0.05, 0.1) is 5.39 Å². The van der Waals surface area contributed by atoms with Crippen molar-refractivity contribution in [3.05, 3.63) is 35.0 Å². The number of fused-ring (bicyclic) bond motifs is 1. The van der Waals surface area contributed by atoms with E-state index in [0.29, 0.717) is 6.04 Å². The molecule has 3 aromatic rings. The summed E-state index contributed by atoms with van der Waals surface area (Å²) in [6.07, 6.45) is 5.74. The van der Waals surface area contributed by atoms with Gasteiger partial charge >= 0.3 is 0 Å². The van der Waals surface area contributed by atoms with Crippen LogP contribution in [0.1, 0.15) is 37.1 Å². The highest BCUT2D eigenvalue weighted by molar-refractivity contribution is 7.18. The van der Waals surface area contributed by atoms with Crippen molar-refractivity contribution in [1.29, 1.82) is 0 Å². The van der Waals surface area contributed by atoms with Crippen LogP contribution in [0, 0.1) is 13.8 Å². The zero-order valence-electron chi connectivity index (χ0n) is 14.1. The maximum absolute atomic E-state index is 4.83. The number of rotatable bonds is 5. The summed E-state index contributed by atoms with van der Waals surface area (Å²) in [6, 6.07) is 4.35. The molecule has 0 unspecified atom stereocenters. The second-order valence-corrected chi connectivity index (χ2v) is 6.96. The molecule has 5 heteroatoms. The molecule has 0 aromatic carbocycles. The Bertz CT molecular complexity index is 807.